The molecule has 1 aromatic carbocycles. The van der Waals surface area contributed by atoms with E-state index in [1.54, 1.807) is 18.2 Å². The van der Waals surface area contributed by atoms with Crippen LogP contribution in [-0.4, -0.2) is 18.5 Å². The molecule has 0 saturated carbocycles. The Labute approximate surface area is 174 Å². The smallest absolute Gasteiger partial charge is 0.311 e. The van der Waals surface area contributed by atoms with Crippen molar-refractivity contribution in [2.24, 2.45) is 0 Å². The van der Waals surface area contributed by atoms with Crippen LogP contribution < -0.4 is 4.74 Å². The standard InChI is InChI=1S/C23H35ClO4/c1-3-4-5-12-17-27-22(25)13-10-8-6-7-9-11-14-23(26)28-21-16-15-20(24)18-19(21)2/h15-16,18H,3-14,17H2,1-2H3. The number of ether oxygens (including phenoxy) is 2. The molecule has 0 aliphatic carbocycles. The molecule has 0 aliphatic rings. The number of aryl methyl sites for hydroxylation is 1. The number of hydrogen-bond acceptors (Lipinski definition) is 4. The van der Waals surface area contributed by atoms with E-state index >= 15 is 0 Å². The Bertz CT molecular complexity index is 586. The quantitative estimate of drug-likeness (QED) is 0.181. The lowest BCUT2D eigenvalue weighted by Crippen LogP contribution is -2.08. The predicted octanol–water partition coefficient (Wildman–Crippen LogP) is 6.80. The molecule has 0 heterocycles. The van der Waals surface area contributed by atoms with Crippen LogP contribution in [0.25, 0.3) is 0 Å². The average Bonchev–Trinajstić information content (AvgIpc) is 2.66. The highest BCUT2D eigenvalue weighted by Crippen LogP contribution is 2.22. The van der Waals surface area contributed by atoms with E-state index in [4.69, 9.17) is 21.1 Å². The molecule has 5 heteroatoms. The summed E-state index contributed by atoms with van der Waals surface area (Å²) in [6, 6.07) is 5.23. The van der Waals surface area contributed by atoms with Crippen molar-refractivity contribution in [1.82, 2.24) is 0 Å². The van der Waals surface area contributed by atoms with Gasteiger partial charge in [0, 0.05) is 17.9 Å². The van der Waals surface area contributed by atoms with Gasteiger partial charge in [0.05, 0.1) is 6.61 Å². The van der Waals surface area contributed by atoms with Gasteiger partial charge in [-0.25, -0.2) is 0 Å². The fourth-order valence-electron chi connectivity index (χ4n) is 2.93. The number of hydrogen-bond donors (Lipinski definition) is 0. The molecule has 0 N–H and O–H groups in total. The largest absolute Gasteiger partial charge is 0.466 e. The van der Waals surface area contributed by atoms with E-state index in [1.807, 2.05) is 6.92 Å². The van der Waals surface area contributed by atoms with E-state index in [9.17, 15) is 9.59 Å². The maximum Gasteiger partial charge on any atom is 0.311 e. The van der Waals surface area contributed by atoms with E-state index in [1.165, 1.54) is 12.8 Å². The molecular weight excluding hydrogens is 376 g/mol. The summed E-state index contributed by atoms with van der Waals surface area (Å²) >= 11 is 5.90. The lowest BCUT2D eigenvalue weighted by Gasteiger charge is -2.07. The number of esters is 2. The molecule has 158 valence electrons. The molecule has 1 rings (SSSR count). The highest BCUT2D eigenvalue weighted by molar-refractivity contribution is 6.30. The molecule has 0 aliphatic heterocycles. The van der Waals surface area contributed by atoms with Crippen molar-refractivity contribution >= 4 is 23.5 Å². The average molecular weight is 411 g/mol. The third-order valence-corrected chi connectivity index (χ3v) is 4.87. The van der Waals surface area contributed by atoms with Gasteiger partial charge < -0.3 is 9.47 Å². The summed E-state index contributed by atoms with van der Waals surface area (Å²) in [5.41, 5.74) is 0.861. The minimum absolute atomic E-state index is 0.0725. The Kier molecular flexibility index (Phi) is 13.5. The molecule has 0 fully saturated rings. The summed E-state index contributed by atoms with van der Waals surface area (Å²) in [6.45, 7) is 4.60. The zero-order chi connectivity index (χ0) is 20.6. The summed E-state index contributed by atoms with van der Waals surface area (Å²) in [7, 11) is 0. The molecule has 0 aromatic heterocycles. The number of carbonyl (C=O) groups excluding carboxylic acids is 2. The van der Waals surface area contributed by atoms with Crippen LogP contribution in [0, 0.1) is 6.92 Å². The highest BCUT2D eigenvalue weighted by Gasteiger charge is 2.08. The van der Waals surface area contributed by atoms with Crippen molar-refractivity contribution < 1.29 is 19.1 Å². The summed E-state index contributed by atoms with van der Waals surface area (Å²) in [5.74, 6) is 0.301. The molecule has 0 unspecified atom stereocenters. The third-order valence-electron chi connectivity index (χ3n) is 4.63. The van der Waals surface area contributed by atoms with Crippen molar-refractivity contribution in [3.8, 4) is 5.75 Å². The summed E-state index contributed by atoms with van der Waals surface area (Å²) < 4.78 is 10.6. The lowest BCUT2D eigenvalue weighted by molar-refractivity contribution is -0.144. The second kappa shape index (κ2) is 15.4. The zero-order valence-electron chi connectivity index (χ0n) is 17.4. The van der Waals surface area contributed by atoms with E-state index in [0.717, 1.165) is 56.9 Å². The first-order chi connectivity index (χ1) is 13.5. The molecule has 0 bridgehead atoms. The fraction of sp³-hybridized carbons (Fsp3) is 0.652. The van der Waals surface area contributed by atoms with E-state index < -0.39 is 0 Å². The fourth-order valence-corrected chi connectivity index (χ4v) is 3.16. The summed E-state index contributed by atoms with van der Waals surface area (Å²) in [5, 5.41) is 0.637. The number of unbranched alkanes of at least 4 members (excludes halogenated alkanes) is 8. The van der Waals surface area contributed by atoms with Crippen LogP contribution in [0.3, 0.4) is 0 Å². The van der Waals surface area contributed by atoms with Crippen LogP contribution in [-0.2, 0) is 14.3 Å². The zero-order valence-corrected chi connectivity index (χ0v) is 18.2. The molecule has 28 heavy (non-hydrogen) atoms. The van der Waals surface area contributed by atoms with Gasteiger partial charge in [0.15, 0.2) is 0 Å². The molecule has 0 radical (unpaired) electrons. The number of benzene rings is 1. The van der Waals surface area contributed by atoms with Gasteiger partial charge in [0.1, 0.15) is 5.75 Å². The van der Waals surface area contributed by atoms with Crippen LogP contribution in [0.1, 0.15) is 89.5 Å². The molecule has 4 nitrogen and oxygen atoms in total. The van der Waals surface area contributed by atoms with Gasteiger partial charge in [0.2, 0.25) is 0 Å². The predicted molar refractivity (Wildman–Crippen MR) is 114 cm³/mol. The molecular formula is C23H35ClO4. The molecule has 1 aromatic rings. The molecule has 0 atom stereocenters. The van der Waals surface area contributed by atoms with E-state index in [-0.39, 0.29) is 11.9 Å². The second-order valence-corrected chi connectivity index (χ2v) is 7.72. The number of carbonyl (C=O) groups is 2. The van der Waals surface area contributed by atoms with Crippen LogP contribution in [0.2, 0.25) is 5.02 Å². The Morgan fingerprint density at radius 1 is 0.857 bits per heavy atom. The molecule has 0 spiro atoms. The van der Waals surface area contributed by atoms with Gasteiger partial charge in [-0.2, -0.15) is 0 Å². The van der Waals surface area contributed by atoms with Crippen molar-refractivity contribution in [2.75, 3.05) is 6.61 Å². The van der Waals surface area contributed by atoms with E-state index in [2.05, 4.69) is 6.92 Å². The molecule has 0 saturated heterocycles. The van der Waals surface area contributed by atoms with Gasteiger partial charge in [-0.3, -0.25) is 9.59 Å². The monoisotopic (exact) mass is 410 g/mol. The first-order valence-corrected chi connectivity index (χ1v) is 11.0. The van der Waals surface area contributed by atoms with Crippen LogP contribution >= 0.6 is 11.6 Å². The minimum atomic E-state index is -0.202. The SMILES string of the molecule is CCCCCCOC(=O)CCCCCCCCC(=O)Oc1ccc(Cl)cc1C. The summed E-state index contributed by atoms with van der Waals surface area (Å²) in [4.78, 5) is 23.5. The minimum Gasteiger partial charge on any atom is -0.466 e. The Hall–Kier alpha value is -1.55. The Morgan fingerprint density at radius 3 is 2.11 bits per heavy atom. The van der Waals surface area contributed by atoms with Crippen molar-refractivity contribution in [2.45, 2.75) is 90.9 Å². The maximum atomic E-state index is 11.9. The first kappa shape index (κ1) is 24.5. The topological polar surface area (TPSA) is 52.6 Å². The van der Waals surface area contributed by atoms with Crippen LogP contribution in [0.4, 0.5) is 0 Å². The van der Waals surface area contributed by atoms with Crippen molar-refractivity contribution in [1.29, 1.82) is 0 Å². The second-order valence-electron chi connectivity index (χ2n) is 7.29. The van der Waals surface area contributed by atoms with Gasteiger partial charge in [-0.05, 0) is 49.9 Å². The van der Waals surface area contributed by atoms with E-state index in [0.29, 0.717) is 30.2 Å². The van der Waals surface area contributed by atoms with Crippen molar-refractivity contribution in [3.05, 3.63) is 28.8 Å². The lowest BCUT2D eigenvalue weighted by atomic mass is 10.1. The Morgan fingerprint density at radius 2 is 1.46 bits per heavy atom. The van der Waals surface area contributed by atoms with Gasteiger partial charge in [0.25, 0.3) is 0 Å². The van der Waals surface area contributed by atoms with Gasteiger partial charge in [-0.15, -0.1) is 0 Å². The van der Waals surface area contributed by atoms with Gasteiger partial charge >= 0.3 is 11.9 Å². The highest BCUT2D eigenvalue weighted by atomic mass is 35.5. The number of halogens is 1. The third kappa shape index (κ3) is 12.0. The Balaban J connectivity index is 1.95. The van der Waals surface area contributed by atoms with Crippen LogP contribution in [0.15, 0.2) is 18.2 Å². The maximum absolute atomic E-state index is 11.9. The summed E-state index contributed by atoms with van der Waals surface area (Å²) in [6.07, 6.45) is 11.3. The van der Waals surface area contributed by atoms with Crippen molar-refractivity contribution in [3.63, 3.8) is 0 Å². The molecule has 0 amide bonds. The number of rotatable bonds is 15. The van der Waals surface area contributed by atoms with Crippen LogP contribution in [0.5, 0.6) is 5.75 Å². The van der Waals surface area contributed by atoms with Gasteiger partial charge in [-0.1, -0.05) is 63.5 Å². The first-order valence-electron chi connectivity index (χ1n) is 10.7. The normalized spacial score (nSPS) is 10.7.